The van der Waals surface area contributed by atoms with Gasteiger partial charge in [0.2, 0.25) is 0 Å². The summed E-state index contributed by atoms with van der Waals surface area (Å²) in [6, 6.07) is 0.596. The van der Waals surface area contributed by atoms with Crippen molar-refractivity contribution in [3.8, 4) is 0 Å². The Kier molecular flexibility index (Phi) is 1.65. The van der Waals surface area contributed by atoms with E-state index in [0.717, 1.165) is 18.8 Å². The minimum absolute atomic E-state index is 0.596. The van der Waals surface area contributed by atoms with Crippen molar-refractivity contribution in [3.05, 3.63) is 11.4 Å². The van der Waals surface area contributed by atoms with E-state index in [0.29, 0.717) is 6.04 Å². The first-order chi connectivity index (χ1) is 5.68. The van der Waals surface area contributed by atoms with Gasteiger partial charge in [-0.1, -0.05) is 5.21 Å². The predicted octanol–water partition coefficient (Wildman–Crippen LogP) is 0.539. The molecule has 0 atom stereocenters. The summed E-state index contributed by atoms with van der Waals surface area (Å²) >= 11 is 0. The van der Waals surface area contributed by atoms with Gasteiger partial charge in [-0.15, -0.1) is 5.10 Å². The number of nitrogens with zero attached hydrogens (tertiary/aromatic N) is 4. The maximum absolute atomic E-state index is 4.10. The van der Waals surface area contributed by atoms with E-state index in [2.05, 4.69) is 29.1 Å². The predicted molar refractivity (Wildman–Crippen MR) is 45.4 cm³/mol. The fourth-order valence-corrected chi connectivity index (χ4v) is 1.54. The highest BCUT2D eigenvalue weighted by atomic mass is 15.4. The Morgan fingerprint density at radius 1 is 1.33 bits per heavy atom. The fourth-order valence-electron chi connectivity index (χ4n) is 1.54. The number of hydrogen-bond acceptors (Lipinski definition) is 3. The van der Waals surface area contributed by atoms with Gasteiger partial charge in [-0.3, -0.25) is 9.58 Å². The van der Waals surface area contributed by atoms with E-state index in [1.54, 1.807) is 0 Å². The first-order valence-corrected chi connectivity index (χ1v) is 4.30. The molecule has 0 aromatic carbocycles. The number of fused-ring (bicyclic) bond motifs is 1. The zero-order valence-corrected chi connectivity index (χ0v) is 7.78. The molecule has 1 aromatic heterocycles. The average molecular weight is 166 g/mol. The van der Waals surface area contributed by atoms with Crippen LogP contribution in [0.2, 0.25) is 0 Å². The molecule has 0 radical (unpaired) electrons. The van der Waals surface area contributed by atoms with E-state index in [-0.39, 0.29) is 0 Å². The smallest absolute Gasteiger partial charge is 0.101 e. The zero-order chi connectivity index (χ0) is 8.72. The Hall–Kier alpha value is -0.900. The summed E-state index contributed by atoms with van der Waals surface area (Å²) in [5.74, 6) is 0. The van der Waals surface area contributed by atoms with Crippen LogP contribution in [0.15, 0.2) is 0 Å². The monoisotopic (exact) mass is 166 g/mol. The molecule has 0 spiro atoms. The summed E-state index contributed by atoms with van der Waals surface area (Å²) < 4.78 is 1.87. The third kappa shape index (κ3) is 1.03. The van der Waals surface area contributed by atoms with Crippen LogP contribution in [-0.2, 0) is 20.1 Å². The molecule has 2 rings (SSSR count). The summed E-state index contributed by atoms with van der Waals surface area (Å²) in [6.07, 6.45) is 0. The number of aromatic nitrogens is 3. The van der Waals surface area contributed by atoms with Crippen molar-refractivity contribution in [2.75, 3.05) is 0 Å². The lowest BCUT2D eigenvalue weighted by molar-refractivity contribution is 0.220. The molecular formula is C8H14N4. The summed E-state index contributed by atoms with van der Waals surface area (Å²) in [5, 5.41) is 8.07. The van der Waals surface area contributed by atoms with E-state index in [4.69, 9.17) is 0 Å². The lowest BCUT2D eigenvalue weighted by Gasteiger charge is -2.18. The number of aryl methyl sites for hydroxylation is 1. The largest absolute Gasteiger partial charge is 0.289 e. The normalized spacial score (nSPS) is 17.3. The van der Waals surface area contributed by atoms with E-state index >= 15 is 0 Å². The van der Waals surface area contributed by atoms with Crippen LogP contribution in [0.4, 0.5) is 0 Å². The minimum atomic E-state index is 0.596. The van der Waals surface area contributed by atoms with Crippen LogP contribution in [0.3, 0.4) is 0 Å². The van der Waals surface area contributed by atoms with Crippen LogP contribution < -0.4 is 0 Å². The molecule has 66 valence electrons. The van der Waals surface area contributed by atoms with Crippen molar-refractivity contribution in [1.29, 1.82) is 0 Å². The molecule has 4 nitrogen and oxygen atoms in total. The van der Waals surface area contributed by atoms with Gasteiger partial charge in [-0.05, 0) is 13.8 Å². The molecule has 0 fully saturated rings. The third-order valence-electron chi connectivity index (χ3n) is 2.46. The van der Waals surface area contributed by atoms with Gasteiger partial charge in [-0.2, -0.15) is 0 Å². The van der Waals surface area contributed by atoms with Crippen LogP contribution in [0, 0.1) is 0 Å². The van der Waals surface area contributed by atoms with Gasteiger partial charge in [0, 0.05) is 26.2 Å². The van der Waals surface area contributed by atoms with Gasteiger partial charge in [0.05, 0.1) is 5.69 Å². The molecule has 0 unspecified atom stereocenters. The molecule has 0 bridgehead atoms. The second-order valence-electron chi connectivity index (χ2n) is 3.61. The van der Waals surface area contributed by atoms with E-state index in [9.17, 15) is 0 Å². The topological polar surface area (TPSA) is 34.0 Å². The quantitative estimate of drug-likeness (QED) is 0.610. The molecule has 2 heterocycles. The molecule has 0 N–H and O–H groups in total. The van der Waals surface area contributed by atoms with Crippen molar-refractivity contribution < 1.29 is 0 Å². The average Bonchev–Trinajstić information content (AvgIpc) is 2.53. The highest BCUT2D eigenvalue weighted by molar-refractivity contribution is 5.14. The van der Waals surface area contributed by atoms with Crippen LogP contribution >= 0.6 is 0 Å². The van der Waals surface area contributed by atoms with Gasteiger partial charge in [0.15, 0.2) is 0 Å². The van der Waals surface area contributed by atoms with E-state index in [1.807, 2.05) is 11.7 Å². The molecule has 1 aliphatic heterocycles. The Balaban J connectivity index is 2.22. The first-order valence-electron chi connectivity index (χ1n) is 4.30. The van der Waals surface area contributed by atoms with Crippen LogP contribution in [0.1, 0.15) is 25.2 Å². The van der Waals surface area contributed by atoms with Gasteiger partial charge >= 0.3 is 0 Å². The first kappa shape index (κ1) is 7.73. The van der Waals surface area contributed by atoms with Crippen molar-refractivity contribution >= 4 is 0 Å². The van der Waals surface area contributed by atoms with Crippen LogP contribution in [0.5, 0.6) is 0 Å². The van der Waals surface area contributed by atoms with E-state index in [1.165, 1.54) is 5.69 Å². The standard InChI is InChI=1S/C8H14N4/c1-6(2)12-4-7-8(5-12)11(3)10-9-7/h6H,4-5H2,1-3H3. The Morgan fingerprint density at radius 2 is 2.08 bits per heavy atom. The third-order valence-corrected chi connectivity index (χ3v) is 2.46. The highest BCUT2D eigenvalue weighted by Gasteiger charge is 2.25. The summed E-state index contributed by atoms with van der Waals surface area (Å²) in [6.45, 7) is 6.37. The summed E-state index contributed by atoms with van der Waals surface area (Å²) in [5.41, 5.74) is 2.41. The van der Waals surface area contributed by atoms with Crippen molar-refractivity contribution in [1.82, 2.24) is 19.9 Å². The van der Waals surface area contributed by atoms with Crippen LogP contribution in [-0.4, -0.2) is 25.9 Å². The highest BCUT2D eigenvalue weighted by Crippen LogP contribution is 2.21. The Bertz CT molecular complexity index is 289. The number of hydrogen-bond donors (Lipinski definition) is 0. The molecule has 12 heavy (non-hydrogen) atoms. The lowest BCUT2D eigenvalue weighted by Crippen LogP contribution is -2.25. The molecular weight excluding hydrogens is 152 g/mol. The summed E-state index contributed by atoms with van der Waals surface area (Å²) in [7, 11) is 1.95. The van der Waals surface area contributed by atoms with Crippen LogP contribution in [0.25, 0.3) is 0 Å². The van der Waals surface area contributed by atoms with Gasteiger partial charge in [0.1, 0.15) is 5.69 Å². The lowest BCUT2D eigenvalue weighted by atomic mass is 10.3. The molecule has 4 heteroatoms. The fraction of sp³-hybridized carbons (Fsp3) is 0.750. The van der Waals surface area contributed by atoms with Gasteiger partial charge < -0.3 is 0 Å². The second kappa shape index (κ2) is 2.55. The minimum Gasteiger partial charge on any atom is -0.289 e. The molecule has 0 saturated heterocycles. The van der Waals surface area contributed by atoms with Crippen molar-refractivity contribution in [3.63, 3.8) is 0 Å². The SMILES string of the molecule is CC(C)N1Cc2nnn(C)c2C1. The molecule has 1 aromatic rings. The molecule has 0 saturated carbocycles. The summed E-state index contributed by atoms with van der Waals surface area (Å²) in [4.78, 5) is 2.39. The van der Waals surface area contributed by atoms with Gasteiger partial charge in [-0.25, -0.2) is 0 Å². The number of rotatable bonds is 1. The zero-order valence-electron chi connectivity index (χ0n) is 7.78. The Morgan fingerprint density at radius 3 is 2.67 bits per heavy atom. The second-order valence-corrected chi connectivity index (χ2v) is 3.61. The Labute approximate surface area is 72.2 Å². The maximum atomic E-state index is 4.10. The van der Waals surface area contributed by atoms with Crippen molar-refractivity contribution in [2.24, 2.45) is 7.05 Å². The maximum Gasteiger partial charge on any atom is 0.101 e. The molecule has 0 aliphatic carbocycles. The van der Waals surface area contributed by atoms with E-state index < -0.39 is 0 Å². The molecule has 1 aliphatic rings. The molecule has 0 amide bonds. The van der Waals surface area contributed by atoms with Crippen molar-refractivity contribution in [2.45, 2.75) is 33.0 Å². The van der Waals surface area contributed by atoms with Gasteiger partial charge in [0.25, 0.3) is 0 Å².